The molecule has 7 nitrogen and oxygen atoms in total. The lowest BCUT2D eigenvalue weighted by molar-refractivity contribution is -0.150. The maximum atomic E-state index is 12.4. The lowest BCUT2D eigenvalue weighted by Crippen LogP contribution is -2.31. The van der Waals surface area contributed by atoms with E-state index in [1.165, 1.54) is 14.2 Å². The van der Waals surface area contributed by atoms with E-state index in [-0.39, 0.29) is 11.9 Å². The number of rotatable bonds is 8. The SMILES string of the molecule is CONC(=O)C1C[C@]1(Cc1ccc(OCc2cc(C)nc3ccccc23)cc1)C(=O)OC. The minimum atomic E-state index is -0.854. The van der Waals surface area contributed by atoms with Gasteiger partial charge in [0.25, 0.3) is 0 Å². The summed E-state index contributed by atoms with van der Waals surface area (Å²) in [6, 6.07) is 17.6. The van der Waals surface area contributed by atoms with E-state index in [1.807, 2.05) is 61.5 Å². The van der Waals surface area contributed by atoms with E-state index in [0.717, 1.165) is 33.5 Å². The summed E-state index contributed by atoms with van der Waals surface area (Å²) in [4.78, 5) is 33.8. The minimum absolute atomic E-state index is 0.308. The number of aryl methyl sites for hydroxylation is 1. The van der Waals surface area contributed by atoms with E-state index in [1.54, 1.807) is 0 Å². The first-order valence-electron chi connectivity index (χ1n) is 10.4. The van der Waals surface area contributed by atoms with Gasteiger partial charge in [-0.2, -0.15) is 0 Å². The molecule has 0 bridgehead atoms. The van der Waals surface area contributed by atoms with Crippen molar-refractivity contribution < 1.29 is 23.9 Å². The summed E-state index contributed by atoms with van der Waals surface area (Å²) in [6.45, 7) is 2.40. The van der Waals surface area contributed by atoms with Gasteiger partial charge in [0.05, 0.1) is 31.1 Å². The number of aromatic nitrogens is 1. The fraction of sp³-hybridized carbons (Fsp3) is 0.320. The second-order valence-electron chi connectivity index (χ2n) is 8.12. The van der Waals surface area contributed by atoms with Gasteiger partial charge in [-0.25, -0.2) is 5.48 Å². The van der Waals surface area contributed by atoms with Crippen LogP contribution in [-0.4, -0.2) is 31.1 Å². The van der Waals surface area contributed by atoms with Crippen LogP contribution in [0, 0.1) is 18.3 Å². The Kier molecular flexibility index (Phi) is 6.10. The molecule has 1 amide bonds. The molecule has 1 N–H and O–H groups in total. The van der Waals surface area contributed by atoms with E-state index < -0.39 is 11.3 Å². The number of ether oxygens (including phenoxy) is 2. The van der Waals surface area contributed by atoms with E-state index in [2.05, 4.69) is 10.5 Å². The number of carbonyl (C=O) groups excluding carboxylic acids is 2. The van der Waals surface area contributed by atoms with Gasteiger partial charge in [0.15, 0.2) is 0 Å². The van der Waals surface area contributed by atoms with E-state index in [9.17, 15) is 9.59 Å². The van der Waals surface area contributed by atoms with Crippen molar-refractivity contribution in [1.82, 2.24) is 10.5 Å². The molecule has 2 atom stereocenters. The van der Waals surface area contributed by atoms with Crippen LogP contribution in [0.1, 0.15) is 23.2 Å². The molecule has 0 aliphatic heterocycles. The number of hydroxylamine groups is 1. The van der Waals surface area contributed by atoms with Crippen LogP contribution in [0.3, 0.4) is 0 Å². The molecule has 32 heavy (non-hydrogen) atoms. The van der Waals surface area contributed by atoms with Crippen molar-refractivity contribution in [1.29, 1.82) is 0 Å². The molecule has 166 valence electrons. The molecular formula is C25H26N2O5. The molecule has 1 fully saturated rings. The molecule has 4 rings (SSSR count). The first kappa shape index (κ1) is 21.8. The van der Waals surface area contributed by atoms with Gasteiger partial charge in [-0.3, -0.25) is 19.4 Å². The van der Waals surface area contributed by atoms with Crippen LogP contribution in [0.15, 0.2) is 54.6 Å². The molecule has 1 aromatic heterocycles. The smallest absolute Gasteiger partial charge is 0.312 e. The number of para-hydroxylation sites is 1. The summed E-state index contributed by atoms with van der Waals surface area (Å²) in [6.07, 6.45) is 0.845. The van der Waals surface area contributed by atoms with Gasteiger partial charge >= 0.3 is 5.97 Å². The zero-order valence-electron chi connectivity index (χ0n) is 18.4. The van der Waals surface area contributed by atoms with Gasteiger partial charge in [-0.15, -0.1) is 0 Å². The molecule has 0 radical (unpaired) electrons. The highest BCUT2D eigenvalue weighted by Gasteiger charge is 2.64. The van der Waals surface area contributed by atoms with Gasteiger partial charge in [-0.1, -0.05) is 30.3 Å². The third-order valence-electron chi connectivity index (χ3n) is 5.95. The quantitative estimate of drug-likeness (QED) is 0.431. The predicted molar refractivity (Wildman–Crippen MR) is 119 cm³/mol. The molecule has 3 aromatic rings. The number of hydrogen-bond donors (Lipinski definition) is 1. The zero-order valence-corrected chi connectivity index (χ0v) is 18.4. The van der Waals surface area contributed by atoms with Crippen molar-refractivity contribution in [2.75, 3.05) is 14.2 Å². The molecule has 2 aromatic carbocycles. The highest BCUT2D eigenvalue weighted by atomic mass is 16.6. The van der Waals surface area contributed by atoms with Gasteiger partial charge in [-0.05, 0) is 49.6 Å². The van der Waals surface area contributed by atoms with Gasteiger partial charge < -0.3 is 9.47 Å². The third kappa shape index (κ3) is 4.29. The molecule has 0 saturated heterocycles. The van der Waals surface area contributed by atoms with E-state index in [0.29, 0.717) is 19.4 Å². The molecule has 1 saturated carbocycles. The zero-order chi connectivity index (χ0) is 22.7. The molecular weight excluding hydrogens is 408 g/mol. The van der Waals surface area contributed by atoms with Crippen LogP contribution in [0.25, 0.3) is 10.9 Å². The van der Waals surface area contributed by atoms with Crippen LogP contribution in [0.4, 0.5) is 0 Å². The molecule has 1 unspecified atom stereocenters. The largest absolute Gasteiger partial charge is 0.489 e. The third-order valence-corrected chi connectivity index (χ3v) is 5.95. The highest BCUT2D eigenvalue weighted by Crippen LogP contribution is 2.55. The van der Waals surface area contributed by atoms with Crippen molar-refractivity contribution in [3.63, 3.8) is 0 Å². The number of carbonyl (C=O) groups is 2. The van der Waals surface area contributed by atoms with Crippen molar-refractivity contribution in [3.8, 4) is 5.75 Å². The summed E-state index contributed by atoms with van der Waals surface area (Å²) in [5.41, 5.74) is 5.36. The average Bonchev–Trinajstić information content (AvgIpc) is 3.53. The number of benzene rings is 2. The Hall–Kier alpha value is -3.45. The lowest BCUT2D eigenvalue weighted by Gasteiger charge is -2.15. The summed E-state index contributed by atoms with van der Waals surface area (Å²) in [5, 5.41) is 1.07. The fourth-order valence-corrected chi connectivity index (χ4v) is 4.26. The Morgan fingerprint density at radius 3 is 2.59 bits per heavy atom. The Morgan fingerprint density at radius 2 is 1.88 bits per heavy atom. The van der Waals surface area contributed by atoms with Crippen LogP contribution in [0.2, 0.25) is 0 Å². The van der Waals surface area contributed by atoms with Crippen molar-refractivity contribution in [3.05, 3.63) is 71.4 Å². The van der Waals surface area contributed by atoms with Crippen LogP contribution in [0.5, 0.6) is 5.75 Å². The molecule has 1 heterocycles. The van der Waals surface area contributed by atoms with Gasteiger partial charge in [0, 0.05) is 16.6 Å². The second kappa shape index (κ2) is 8.96. The predicted octanol–water partition coefficient (Wildman–Crippen LogP) is 3.52. The van der Waals surface area contributed by atoms with Crippen LogP contribution >= 0.6 is 0 Å². The van der Waals surface area contributed by atoms with Gasteiger partial charge in [0.2, 0.25) is 5.91 Å². The fourth-order valence-electron chi connectivity index (χ4n) is 4.26. The standard InChI is InChI=1S/C25H26N2O5/c1-16-12-18(20-6-4-5-7-22(20)26-16)15-32-19-10-8-17(9-11-19)13-25(24(29)30-2)14-21(25)23(28)27-31-3/h4-12,21H,13-15H2,1-3H3,(H,27,28)/t21?,25-/m0/s1. The number of esters is 1. The Morgan fingerprint density at radius 1 is 1.12 bits per heavy atom. The monoisotopic (exact) mass is 434 g/mol. The Bertz CT molecular complexity index is 1140. The van der Waals surface area contributed by atoms with Crippen LogP contribution < -0.4 is 10.2 Å². The highest BCUT2D eigenvalue weighted by molar-refractivity contribution is 5.93. The molecule has 1 aliphatic rings. The number of pyridine rings is 1. The van der Waals surface area contributed by atoms with Crippen molar-refractivity contribution >= 4 is 22.8 Å². The van der Waals surface area contributed by atoms with Crippen molar-refractivity contribution in [2.24, 2.45) is 11.3 Å². The molecule has 1 aliphatic carbocycles. The van der Waals surface area contributed by atoms with Crippen molar-refractivity contribution in [2.45, 2.75) is 26.4 Å². The number of nitrogens with zero attached hydrogens (tertiary/aromatic N) is 1. The second-order valence-corrected chi connectivity index (χ2v) is 8.12. The summed E-state index contributed by atoms with van der Waals surface area (Å²) in [7, 11) is 2.71. The number of fused-ring (bicyclic) bond motifs is 1. The maximum Gasteiger partial charge on any atom is 0.312 e. The molecule has 7 heteroatoms. The van der Waals surface area contributed by atoms with Gasteiger partial charge in [0.1, 0.15) is 12.4 Å². The molecule has 0 spiro atoms. The van der Waals surface area contributed by atoms with E-state index >= 15 is 0 Å². The summed E-state index contributed by atoms with van der Waals surface area (Å²) < 4.78 is 11.0. The topological polar surface area (TPSA) is 86.8 Å². The first-order valence-corrected chi connectivity index (χ1v) is 10.4. The number of hydrogen-bond acceptors (Lipinski definition) is 6. The minimum Gasteiger partial charge on any atom is -0.489 e. The first-order chi connectivity index (χ1) is 15.5. The number of nitrogens with one attached hydrogen (secondary N) is 1. The Balaban J connectivity index is 1.45. The average molecular weight is 434 g/mol. The summed E-state index contributed by atoms with van der Waals surface area (Å²) in [5.74, 6) is -0.426. The summed E-state index contributed by atoms with van der Waals surface area (Å²) >= 11 is 0. The van der Waals surface area contributed by atoms with Crippen LogP contribution in [-0.2, 0) is 32.2 Å². The number of amides is 1. The normalized spacial score (nSPS) is 19.4. The van der Waals surface area contributed by atoms with E-state index in [4.69, 9.17) is 14.3 Å². The lowest BCUT2D eigenvalue weighted by atomic mass is 9.93. The maximum absolute atomic E-state index is 12.4. The Labute approximate surface area is 186 Å². The number of methoxy groups -OCH3 is 1.